The van der Waals surface area contributed by atoms with Crippen molar-refractivity contribution in [1.82, 2.24) is 14.4 Å². The zero-order chi connectivity index (χ0) is 16.4. The van der Waals surface area contributed by atoms with Crippen LogP contribution < -0.4 is 0 Å². The lowest BCUT2D eigenvalue weighted by Gasteiger charge is -2.01. The van der Waals surface area contributed by atoms with Crippen LogP contribution >= 0.6 is 0 Å². The van der Waals surface area contributed by atoms with Crippen molar-refractivity contribution in [3.8, 4) is 0 Å². The van der Waals surface area contributed by atoms with E-state index in [1.54, 1.807) is 0 Å². The number of hydrogen-bond acceptors (Lipinski definition) is 5. The lowest BCUT2D eigenvalue weighted by molar-refractivity contribution is -0.145. The standard InChI is InChI=1S/C18H15N3O3/c22-18(9-8-17-20-14-5-1-2-6-15(14)24-17)23-12-13-11-21-10-4-3-7-16(21)19-13/h1-7,10-11H,8-9,12H2. The number of oxazole rings is 1. The van der Waals surface area contributed by atoms with Crippen LogP contribution in [0.5, 0.6) is 0 Å². The molecule has 1 aromatic carbocycles. The van der Waals surface area contributed by atoms with Gasteiger partial charge in [0.05, 0.1) is 12.1 Å². The minimum Gasteiger partial charge on any atom is -0.459 e. The number of aryl methyl sites for hydroxylation is 1. The molecule has 0 aliphatic heterocycles. The monoisotopic (exact) mass is 321 g/mol. The van der Waals surface area contributed by atoms with Crippen LogP contribution in [0.2, 0.25) is 0 Å². The van der Waals surface area contributed by atoms with Gasteiger partial charge in [-0.1, -0.05) is 18.2 Å². The molecule has 0 amide bonds. The molecule has 0 fully saturated rings. The fraction of sp³-hybridized carbons (Fsp3) is 0.167. The van der Waals surface area contributed by atoms with Gasteiger partial charge in [0.25, 0.3) is 0 Å². The maximum absolute atomic E-state index is 11.9. The largest absolute Gasteiger partial charge is 0.459 e. The second-order valence-electron chi connectivity index (χ2n) is 5.43. The van der Waals surface area contributed by atoms with E-state index in [0.29, 0.717) is 12.3 Å². The number of para-hydroxylation sites is 2. The molecule has 0 spiro atoms. The summed E-state index contributed by atoms with van der Waals surface area (Å²) in [6, 6.07) is 13.3. The van der Waals surface area contributed by atoms with Crippen molar-refractivity contribution >= 4 is 22.7 Å². The number of carbonyl (C=O) groups is 1. The summed E-state index contributed by atoms with van der Waals surface area (Å²) in [4.78, 5) is 20.6. The molecule has 3 aromatic heterocycles. The molecule has 0 aliphatic carbocycles. The summed E-state index contributed by atoms with van der Waals surface area (Å²) < 4.78 is 12.7. The second kappa shape index (κ2) is 6.16. The number of nitrogens with zero attached hydrogens (tertiary/aromatic N) is 3. The normalized spacial score (nSPS) is 11.2. The summed E-state index contributed by atoms with van der Waals surface area (Å²) >= 11 is 0. The highest BCUT2D eigenvalue weighted by molar-refractivity contribution is 5.72. The predicted octanol–water partition coefficient (Wildman–Crippen LogP) is 3.15. The van der Waals surface area contributed by atoms with Gasteiger partial charge in [0.15, 0.2) is 11.5 Å². The number of fused-ring (bicyclic) bond motifs is 2. The van der Waals surface area contributed by atoms with Gasteiger partial charge in [-0.2, -0.15) is 0 Å². The lowest BCUT2D eigenvalue weighted by Crippen LogP contribution is -2.06. The van der Waals surface area contributed by atoms with E-state index >= 15 is 0 Å². The molecule has 4 rings (SSSR count). The highest BCUT2D eigenvalue weighted by Gasteiger charge is 2.10. The van der Waals surface area contributed by atoms with E-state index in [9.17, 15) is 4.79 Å². The Kier molecular flexibility index (Phi) is 3.70. The van der Waals surface area contributed by atoms with Crippen LogP contribution in [-0.4, -0.2) is 20.3 Å². The summed E-state index contributed by atoms with van der Waals surface area (Å²) in [5.74, 6) is 0.246. The molecule has 0 atom stereocenters. The summed E-state index contributed by atoms with van der Waals surface area (Å²) in [5, 5.41) is 0. The smallest absolute Gasteiger partial charge is 0.306 e. The Hall–Kier alpha value is -3.15. The minimum absolute atomic E-state index is 0.161. The molecule has 120 valence electrons. The van der Waals surface area contributed by atoms with Crippen LogP contribution in [0.15, 0.2) is 59.3 Å². The Morgan fingerprint density at radius 1 is 1.12 bits per heavy atom. The lowest BCUT2D eigenvalue weighted by atomic mass is 10.3. The fourth-order valence-electron chi connectivity index (χ4n) is 2.52. The van der Waals surface area contributed by atoms with Gasteiger partial charge in [-0.15, -0.1) is 0 Å². The third-order valence-electron chi connectivity index (χ3n) is 3.68. The first kappa shape index (κ1) is 14.4. The van der Waals surface area contributed by atoms with Crippen molar-refractivity contribution < 1.29 is 13.9 Å². The van der Waals surface area contributed by atoms with Crippen LogP contribution in [0.1, 0.15) is 18.0 Å². The Morgan fingerprint density at radius 3 is 2.88 bits per heavy atom. The number of benzene rings is 1. The summed E-state index contributed by atoms with van der Waals surface area (Å²) in [7, 11) is 0. The first-order valence-electron chi connectivity index (χ1n) is 7.70. The molecule has 0 saturated carbocycles. The van der Waals surface area contributed by atoms with Crippen molar-refractivity contribution in [2.75, 3.05) is 0 Å². The zero-order valence-electron chi connectivity index (χ0n) is 12.9. The maximum Gasteiger partial charge on any atom is 0.306 e. The van der Waals surface area contributed by atoms with Crippen LogP contribution in [-0.2, 0) is 22.6 Å². The molecule has 0 N–H and O–H groups in total. The molecule has 0 saturated heterocycles. The number of esters is 1. The van der Waals surface area contributed by atoms with E-state index in [4.69, 9.17) is 9.15 Å². The summed E-state index contributed by atoms with van der Waals surface area (Å²) in [6.07, 6.45) is 4.39. The van der Waals surface area contributed by atoms with E-state index < -0.39 is 0 Å². The first-order valence-corrected chi connectivity index (χ1v) is 7.70. The van der Waals surface area contributed by atoms with Crippen molar-refractivity contribution in [2.24, 2.45) is 0 Å². The number of hydrogen-bond donors (Lipinski definition) is 0. The molecule has 6 heteroatoms. The second-order valence-corrected chi connectivity index (χ2v) is 5.43. The van der Waals surface area contributed by atoms with E-state index in [1.165, 1.54) is 0 Å². The van der Waals surface area contributed by atoms with E-state index in [1.807, 2.05) is 59.3 Å². The van der Waals surface area contributed by atoms with Crippen LogP contribution in [0.25, 0.3) is 16.7 Å². The van der Waals surface area contributed by atoms with Gasteiger partial charge in [0.2, 0.25) is 0 Å². The highest BCUT2D eigenvalue weighted by atomic mass is 16.5. The molecule has 4 aromatic rings. The maximum atomic E-state index is 11.9. The Balaban J connectivity index is 1.33. The average Bonchev–Trinajstić information content (AvgIpc) is 3.21. The topological polar surface area (TPSA) is 69.6 Å². The van der Waals surface area contributed by atoms with Crippen LogP contribution in [0, 0.1) is 0 Å². The van der Waals surface area contributed by atoms with Crippen LogP contribution in [0.3, 0.4) is 0 Å². The highest BCUT2D eigenvalue weighted by Crippen LogP contribution is 2.16. The molecule has 0 unspecified atom stereocenters. The number of pyridine rings is 1. The van der Waals surface area contributed by atoms with Gasteiger partial charge in [-0.05, 0) is 24.3 Å². The van der Waals surface area contributed by atoms with Gasteiger partial charge in [0.1, 0.15) is 17.8 Å². The molecule has 24 heavy (non-hydrogen) atoms. The van der Waals surface area contributed by atoms with Gasteiger partial charge in [0, 0.05) is 18.8 Å². The Morgan fingerprint density at radius 2 is 2.00 bits per heavy atom. The number of aromatic nitrogens is 3. The Bertz CT molecular complexity index is 857. The SMILES string of the molecule is O=C(CCc1nc2ccccc2o1)OCc1cn2ccccc2n1. The first-order chi connectivity index (χ1) is 11.8. The molecule has 3 heterocycles. The third kappa shape index (κ3) is 2.99. The van der Waals surface area contributed by atoms with E-state index in [2.05, 4.69) is 9.97 Å². The molecule has 0 bridgehead atoms. The summed E-state index contributed by atoms with van der Waals surface area (Å²) in [5.41, 5.74) is 3.07. The average molecular weight is 321 g/mol. The van der Waals surface area contributed by atoms with Gasteiger partial charge >= 0.3 is 5.97 Å². The van der Waals surface area contributed by atoms with E-state index in [-0.39, 0.29) is 19.0 Å². The van der Waals surface area contributed by atoms with Crippen molar-refractivity contribution in [3.05, 3.63) is 66.4 Å². The minimum atomic E-state index is -0.297. The van der Waals surface area contributed by atoms with Crippen molar-refractivity contribution in [3.63, 3.8) is 0 Å². The number of imidazole rings is 1. The molecular formula is C18H15N3O3. The summed E-state index contributed by atoms with van der Waals surface area (Å²) in [6.45, 7) is 0.161. The molecule has 0 radical (unpaired) electrons. The number of ether oxygens (including phenoxy) is 1. The van der Waals surface area contributed by atoms with E-state index in [0.717, 1.165) is 22.4 Å². The van der Waals surface area contributed by atoms with Gasteiger partial charge in [-0.25, -0.2) is 9.97 Å². The molecule has 0 aliphatic rings. The van der Waals surface area contributed by atoms with Crippen LogP contribution in [0.4, 0.5) is 0 Å². The zero-order valence-corrected chi connectivity index (χ0v) is 12.9. The van der Waals surface area contributed by atoms with Crippen molar-refractivity contribution in [1.29, 1.82) is 0 Å². The number of carbonyl (C=O) groups excluding carboxylic acids is 1. The molecule has 6 nitrogen and oxygen atoms in total. The van der Waals surface area contributed by atoms with Gasteiger partial charge in [-0.3, -0.25) is 4.79 Å². The fourth-order valence-corrected chi connectivity index (χ4v) is 2.52. The third-order valence-corrected chi connectivity index (χ3v) is 3.68. The quantitative estimate of drug-likeness (QED) is 0.528. The molecular weight excluding hydrogens is 306 g/mol. The van der Waals surface area contributed by atoms with Gasteiger partial charge < -0.3 is 13.6 Å². The number of rotatable bonds is 5. The van der Waals surface area contributed by atoms with Crippen molar-refractivity contribution in [2.45, 2.75) is 19.4 Å². The predicted molar refractivity (Wildman–Crippen MR) is 87.3 cm³/mol. The Labute approximate surface area is 137 Å².